The van der Waals surface area contributed by atoms with Crippen molar-refractivity contribution in [1.82, 2.24) is 9.91 Å². The Morgan fingerprint density at radius 3 is 2.69 bits per heavy atom. The van der Waals surface area contributed by atoms with Crippen LogP contribution < -0.4 is 18.9 Å². The molecule has 2 aromatic carbocycles. The van der Waals surface area contributed by atoms with Crippen molar-refractivity contribution in [2.75, 3.05) is 40.0 Å². The van der Waals surface area contributed by atoms with Crippen molar-refractivity contribution in [3.8, 4) is 23.0 Å². The van der Waals surface area contributed by atoms with Gasteiger partial charge in [-0.2, -0.15) is 5.10 Å². The maximum atomic E-state index is 6.79. The summed E-state index contributed by atoms with van der Waals surface area (Å²) < 4.78 is 24.0. The molecule has 4 heterocycles. The van der Waals surface area contributed by atoms with E-state index in [1.807, 2.05) is 18.2 Å². The van der Waals surface area contributed by atoms with Crippen LogP contribution in [0.3, 0.4) is 0 Å². The van der Waals surface area contributed by atoms with Gasteiger partial charge in [-0.3, -0.25) is 0 Å². The average molecular weight is 436 g/mol. The third kappa shape index (κ3) is 3.02. The topological polar surface area (TPSA) is 55.8 Å². The Labute approximate surface area is 188 Å². The number of nitrogens with zero attached hydrogens (tertiary/aromatic N) is 3. The zero-order valence-electron chi connectivity index (χ0n) is 18.7. The Bertz CT molecular complexity index is 1060. The van der Waals surface area contributed by atoms with Crippen molar-refractivity contribution in [2.45, 2.75) is 38.0 Å². The first kappa shape index (κ1) is 19.7. The second-order valence-corrected chi connectivity index (χ2v) is 8.83. The van der Waals surface area contributed by atoms with Gasteiger partial charge in [0.15, 0.2) is 23.0 Å². The fraction of sp³-hybridized carbons (Fsp3) is 0.480. The third-order valence-corrected chi connectivity index (χ3v) is 7.17. The van der Waals surface area contributed by atoms with E-state index in [1.54, 1.807) is 7.11 Å². The number of rotatable bonds is 3. The first-order valence-electron chi connectivity index (χ1n) is 11.6. The van der Waals surface area contributed by atoms with Crippen LogP contribution in [0.4, 0.5) is 0 Å². The number of fused-ring (bicyclic) bond motifs is 5. The molecule has 4 aliphatic rings. The molecule has 4 aliphatic heterocycles. The first-order valence-corrected chi connectivity index (χ1v) is 11.6. The molecule has 1 unspecified atom stereocenters. The Balaban J connectivity index is 1.41. The van der Waals surface area contributed by atoms with E-state index >= 15 is 0 Å². The van der Waals surface area contributed by atoms with Crippen LogP contribution in [0.25, 0.3) is 0 Å². The highest BCUT2D eigenvalue weighted by molar-refractivity contribution is 6.02. The predicted molar refractivity (Wildman–Crippen MR) is 121 cm³/mol. The smallest absolute Gasteiger partial charge is 0.200 e. The molecule has 0 radical (unpaired) electrons. The molecule has 0 aromatic heterocycles. The van der Waals surface area contributed by atoms with Gasteiger partial charge in [0.05, 0.1) is 18.9 Å². The molecule has 0 aliphatic carbocycles. The minimum Gasteiger partial charge on any atom is -0.493 e. The summed E-state index contributed by atoms with van der Waals surface area (Å²) in [4.78, 5) is 2.48. The van der Waals surface area contributed by atoms with Crippen LogP contribution in [-0.2, 0) is 0 Å². The van der Waals surface area contributed by atoms with Crippen LogP contribution in [0.2, 0.25) is 0 Å². The van der Waals surface area contributed by atoms with E-state index in [2.05, 4.69) is 35.0 Å². The highest BCUT2D eigenvalue weighted by Crippen LogP contribution is 2.52. The van der Waals surface area contributed by atoms with Crippen LogP contribution >= 0.6 is 0 Å². The summed E-state index contributed by atoms with van der Waals surface area (Å²) in [6.45, 7) is 6.45. The van der Waals surface area contributed by atoms with Crippen LogP contribution in [0.15, 0.2) is 41.5 Å². The minimum absolute atomic E-state index is 0.130. The van der Waals surface area contributed by atoms with Crippen LogP contribution in [-0.4, -0.2) is 61.3 Å². The van der Waals surface area contributed by atoms with Crippen molar-refractivity contribution < 1.29 is 18.9 Å². The molecule has 2 aromatic rings. The lowest BCUT2D eigenvalue weighted by atomic mass is 9.90. The molecular weight excluding hydrogens is 406 g/mol. The van der Waals surface area contributed by atoms with Crippen molar-refractivity contribution in [3.63, 3.8) is 0 Å². The summed E-state index contributed by atoms with van der Waals surface area (Å²) in [6, 6.07) is 12.4. The summed E-state index contributed by atoms with van der Waals surface area (Å²) in [5.74, 6) is 3.27. The van der Waals surface area contributed by atoms with Crippen molar-refractivity contribution in [1.29, 1.82) is 0 Å². The molecule has 32 heavy (non-hydrogen) atoms. The van der Waals surface area contributed by atoms with Crippen molar-refractivity contribution in [2.24, 2.45) is 5.10 Å². The molecule has 168 valence electrons. The highest BCUT2D eigenvalue weighted by Gasteiger charge is 2.52. The molecule has 1 saturated heterocycles. The maximum absolute atomic E-state index is 6.79. The van der Waals surface area contributed by atoms with Gasteiger partial charge >= 0.3 is 0 Å². The van der Waals surface area contributed by atoms with E-state index in [0.29, 0.717) is 13.2 Å². The highest BCUT2D eigenvalue weighted by atomic mass is 16.6. The minimum atomic E-state index is -0.451. The Morgan fingerprint density at radius 2 is 1.91 bits per heavy atom. The van der Waals surface area contributed by atoms with E-state index in [9.17, 15) is 0 Å². The van der Waals surface area contributed by atoms with Gasteiger partial charge in [0.2, 0.25) is 5.72 Å². The zero-order chi connectivity index (χ0) is 21.7. The van der Waals surface area contributed by atoms with Crippen LogP contribution in [0, 0.1) is 0 Å². The second-order valence-electron chi connectivity index (χ2n) is 8.83. The summed E-state index contributed by atoms with van der Waals surface area (Å²) in [5, 5.41) is 7.42. The fourth-order valence-electron chi connectivity index (χ4n) is 5.38. The molecule has 0 bridgehead atoms. The number of benzene rings is 2. The summed E-state index contributed by atoms with van der Waals surface area (Å²) in [7, 11) is 1.71. The van der Waals surface area contributed by atoms with Gasteiger partial charge in [-0.15, -0.1) is 0 Å². The molecule has 0 saturated carbocycles. The Hall–Kier alpha value is -2.93. The molecular formula is C25H29N3O4. The largest absolute Gasteiger partial charge is 0.493 e. The molecule has 1 spiro atoms. The van der Waals surface area contributed by atoms with Crippen molar-refractivity contribution in [3.05, 3.63) is 47.5 Å². The van der Waals surface area contributed by atoms with E-state index in [-0.39, 0.29) is 6.04 Å². The molecule has 0 amide bonds. The average Bonchev–Trinajstić information content (AvgIpc) is 3.31. The Morgan fingerprint density at radius 1 is 1.09 bits per heavy atom. The summed E-state index contributed by atoms with van der Waals surface area (Å²) in [5.41, 5.74) is 2.83. The molecule has 7 nitrogen and oxygen atoms in total. The van der Waals surface area contributed by atoms with Crippen molar-refractivity contribution >= 4 is 5.71 Å². The second kappa shape index (κ2) is 7.59. The molecule has 7 heteroatoms. The lowest BCUT2D eigenvalue weighted by Crippen LogP contribution is -2.59. The van der Waals surface area contributed by atoms with Gasteiger partial charge in [0, 0.05) is 43.5 Å². The van der Waals surface area contributed by atoms with Crippen LogP contribution in [0.1, 0.15) is 43.4 Å². The number of hydrogen-bond acceptors (Lipinski definition) is 7. The van der Waals surface area contributed by atoms with Gasteiger partial charge in [-0.25, -0.2) is 5.01 Å². The SMILES string of the molecule is CCN1CCC2(CC1)Oc1c(OC)cccc1C1CC(c3ccc4c(c3)OCCO4)=NN12. The standard InChI is InChI=1S/C25H29N3O4/c1-3-27-11-9-25(10-12-27)28-20(18-5-4-6-22(29-2)24(18)32-25)16-19(26-28)17-7-8-21-23(15-17)31-14-13-30-21/h4-8,15,20H,3,9-14,16H2,1-2H3. The quantitative estimate of drug-likeness (QED) is 0.731. The third-order valence-electron chi connectivity index (χ3n) is 7.17. The van der Waals surface area contributed by atoms with Gasteiger partial charge < -0.3 is 23.8 Å². The first-order chi connectivity index (χ1) is 15.7. The molecule has 1 fully saturated rings. The number of hydrazone groups is 1. The normalized spacial score (nSPS) is 23.2. The zero-order valence-corrected chi connectivity index (χ0v) is 18.7. The van der Waals surface area contributed by atoms with Gasteiger partial charge in [-0.1, -0.05) is 19.1 Å². The van der Waals surface area contributed by atoms with E-state index in [4.69, 9.17) is 24.0 Å². The number of hydrogen-bond donors (Lipinski definition) is 0. The number of methoxy groups -OCH3 is 1. The van der Waals surface area contributed by atoms with Gasteiger partial charge in [-0.05, 0) is 30.8 Å². The number of piperidine rings is 1. The van der Waals surface area contributed by atoms with E-state index in [0.717, 1.165) is 78.7 Å². The fourth-order valence-corrected chi connectivity index (χ4v) is 5.38. The summed E-state index contributed by atoms with van der Waals surface area (Å²) >= 11 is 0. The predicted octanol–water partition coefficient (Wildman–Crippen LogP) is 3.82. The lowest BCUT2D eigenvalue weighted by Gasteiger charge is -2.51. The molecule has 6 rings (SSSR count). The molecule has 0 N–H and O–H groups in total. The monoisotopic (exact) mass is 435 g/mol. The van der Waals surface area contributed by atoms with Crippen LogP contribution in [0.5, 0.6) is 23.0 Å². The summed E-state index contributed by atoms with van der Waals surface area (Å²) in [6.07, 6.45) is 2.64. The van der Waals surface area contributed by atoms with E-state index < -0.39 is 5.72 Å². The number of likely N-dealkylation sites (tertiary alicyclic amines) is 1. The Kier molecular flexibility index (Phi) is 4.68. The van der Waals surface area contributed by atoms with E-state index in [1.165, 1.54) is 0 Å². The number of para-hydroxylation sites is 1. The molecule has 1 atom stereocenters. The maximum Gasteiger partial charge on any atom is 0.200 e. The van der Waals surface area contributed by atoms with Gasteiger partial charge in [0.1, 0.15) is 13.2 Å². The lowest BCUT2D eigenvalue weighted by molar-refractivity contribution is -0.150. The van der Waals surface area contributed by atoms with Gasteiger partial charge in [0.25, 0.3) is 0 Å². The number of ether oxygens (including phenoxy) is 4.